The van der Waals surface area contributed by atoms with Crippen LogP contribution in [0.25, 0.3) is 0 Å². The molecule has 0 aromatic heterocycles. The van der Waals surface area contributed by atoms with Crippen molar-refractivity contribution in [3.8, 4) is 0 Å². The number of carbonyl (C=O) groups is 2. The van der Waals surface area contributed by atoms with Crippen LogP contribution in [0.15, 0.2) is 0 Å². The van der Waals surface area contributed by atoms with Crippen molar-refractivity contribution in [1.29, 1.82) is 0 Å². The van der Waals surface area contributed by atoms with Crippen LogP contribution < -0.4 is 5.32 Å². The van der Waals surface area contributed by atoms with Crippen LogP contribution in [0, 0.1) is 0 Å². The molecule has 0 aliphatic carbocycles. The predicted octanol–water partition coefficient (Wildman–Crippen LogP) is -0.680. The van der Waals surface area contributed by atoms with Gasteiger partial charge in [-0.3, -0.25) is 14.5 Å². The van der Waals surface area contributed by atoms with Crippen molar-refractivity contribution in [3.05, 3.63) is 0 Å². The molecule has 7 heteroatoms. The fraction of sp³-hybridized carbons (Fsp3) is 0.857. The molecule has 0 atom stereocenters. The normalized spacial score (nSPS) is 15.7. The molecular weight excluding hydrogens is 274 g/mol. The Balaban J connectivity index is 2.12. The quantitative estimate of drug-likeness (QED) is 0.611. The maximum atomic E-state index is 11.8. The summed E-state index contributed by atoms with van der Waals surface area (Å²) in [7, 11) is 1.59. The molecule has 2 amide bonds. The lowest BCUT2D eigenvalue weighted by molar-refractivity contribution is -0.130. The van der Waals surface area contributed by atoms with Gasteiger partial charge < -0.3 is 19.7 Å². The maximum Gasteiger partial charge on any atom is 0.221 e. The molecule has 1 aliphatic heterocycles. The highest BCUT2D eigenvalue weighted by atomic mass is 16.5. The second-order valence-electron chi connectivity index (χ2n) is 5.05. The van der Waals surface area contributed by atoms with Gasteiger partial charge in [0.2, 0.25) is 11.8 Å². The first-order valence-electron chi connectivity index (χ1n) is 7.44. The summed E-state index contributed by atoms with van der Waals surface area (Å²) in [4.78, 5) is 27.1. The van der Waals surface area contributed by atoms with E-state index in [4.69, 9.17) is 9.47 Å². The van der Waals surface area contributed by atoms with Crippen LogP contribution in [0.3, 0.4) is 0 Å². The first-order chi connectivity index (χ1) is 10.1. The van der Waals surface area contributed by atoms with Gasteiger partial charge in [-0.15, -0.1) is 0 Å². The van der Waals surface area contributed by atoms with Gasteiger partial charge in [0.15, 0.2) is 0 Å². The number of rotatable bonds is 9. The van der Waals surface area contributed by atoms with Crippen molar-refractivity contribution in [1.82, 2.24) is 15.1 Å². The van der Waals surface area contributed by atoms with Crippen LogP contribution >= 0.6 is 0 Å². The van der Waals surface area contributed by atoms with E-state index in [9.17, 15) is 9.59 Å². The fourth-order valence-corrected chi connectivity index (χ4v) is 2.13. The van der Waals surface area contributed by atoms with E-state index in [0.29, 0.717) is 32.7 Å². The number of hydrogen-bond donors (Lipinski definition) is 1. The van der Waals surface area contributed by atoms with Crippen LogP contribution in [-0.2, 0) is 19.1 Å². The summed E-state index contributed by atoms with van der Waals surface area (Å²) in [5.41, 5.74) is 0. The number of carbonyl (C=O) groups excluding carboxylic acids is 2. The number of nitrogens with zero attached hydrogens (tertiary/aromatic N) is 2. The molecule has 1 aliphatic rings. The lowest BCUT2D eigenvalue weighted by Gasteiger charge is -2.26. The van der Waals surface area contributed by atoms with Gasteiger partial charge in [0.1, 0.15) is 0 Å². The smallest absolute Gasteiger partial charge is 0.221 e. The molecular formula is C14H27N3O4. The first-order valence-corrected chi connectivity index (χ1v) is 7.44. The van der Waals surface area contributed by atoms with Gasteiger partial charge in [0.05, 0.1) is 19.8 Å². The van der Waals surface area contributed by atoms with Crippen molar-refractivity contribution in [3.63, 3.8) is 0 Å². The Kier molecular flexibility index (Phi) is 8.96. The number of nitrogens with one attached hydrogen (secondary N) is 1. The van der Waals surface area contributed by atoms with Gasteiger partial charge in [-0.05, 0) is 0 Å². The van der Waals surface area contributed by atoms with Crippen molar-refractivity contribution in [2.45, 2.75) is 13.3 Å². The molecule has 1 fully saturated rings. The minimum atomic E-state index is -0.0341. The lowest BCUT2D eigenvalue weighted by atomic mass is 10.3. The fourth-order valence-electron chi connectivity index (χ4n) is 2.13. The van der Waals surface area contributed by atoms with E-state index in [2.05, 4.69) is 10.2 Å². The van der Waals surface area contributed by atoms with Gasteiger partial charge in [-0.2, -0.15) is 0 Å². The van der Waals surface area contributed by atoms with Gasteiger partial charge in [-0.1, -0.05) is 0 Å². The summed E-state index contributed by atoms with van der Waals surface area (Å²) >= 11 is 0. The highest BCUT2D eigenvalue weighted by Crippen LogP contribution is 1.96. The van der Waals surface area contributed by atoms with Crippen molar-refractivity contribution in [2.24, 2.45) is 0 Å². The molecule has 1 N–H and O–H groups in total. The minimum Gasteiger partial charge on any atom is -0.383 e. The molecule has 1 heterocycles. The van der Waals surface area contributed by atoms with Crippen molar-refractivity contribution >= 4 is 11.8 Å². The molecule has 0 aromatic rings. The Labute approximate surface area is 126 Å². The van der Waals surface area contributed by atoms with Crippen molar-refractivity contribution < 1.29 is 19.1 Å². The zero-order valence-electron chi connectivity index (χ0n) is 13.1. The third kappa shape index (κ3) is 7.99. The topological polar surface area (TPSA) is 71.1 Å². The highest BCUT2D eigenvalue weighted by Gasteiger charge is 2.12. The average molecular weight is 301 g/mol. The van der Waals surface area contributed by atoms with E-state index < -0.39 is 0 Å². The molecule has 7 nitrogen and oxygen atoms in total. The summed E-state index contributed by atoms with van der Waals surface area (Å²) in [6.45, 7) is 7.80. The Morgan fingerprint density at radius 2 is 2.00 bits per heavy atom. The standard InChI is InChI=1S/C14H27N3O4/c1-13(18)17(9-10-20-2)5-3-14(19)15-4-6-16-7-11-21-12-8-16/h3-12H2,1-2H3,(H,15,19). The zero-order valence-corrected chi connectivity index (χ0v) is 13.1. The van der Waals surface area contributed by atoms with Crippen LogP contribution in [0.4, 0.5) is 0 Å². The largest absolute Gasteiger partial charge is 0.383 e. The SMILES string of the molecule is COCCN(CCC(=O)NCCN1CCOCC1)C(C)=O. The average Bonchev–Trinajstić information content (AvgIpc) is 2.48. The van der Waals surface area contributed by atoms with E-state index in [1.165, 1.54) is 6.92 Å². The molecule has 0 unspecified atom stereocenters. The molecule has 1 saturated heterocycles. The third-order valence-corrected chi connectivity index (χ3v) is 3.47. The Bertz CT molecular complexity index is 319. The van der Waals surface area contributed by atoms with Crippen LogP contribution in [0.5, 0.6) is 0 Å². The van der Waals surface area contributed by atoms with Gasteiger partial charge in [-0.25, -0.2) is 0 Å². The summed E-state index contributed by atoms with van der Waals surface area (Å²) in [6, 6.07) is 0. The number of amides is 2. The summed E-state index contributed by atoms with van der Waals surface area (Å²) < 4.78 is 10.2. The van der Waals surface area contributed by atoms with E-state index in [1.54, 1.807) is 12.0 Å². The van der Waals surface area contributed by atoms with E-state index in [0.717, 1.165) is 32.8 Å². The van der Waals surface area contributed by atoms with Gasteiger partial charge in [0.25, 0.3) is 0 Å². The molecule has 0 spiro atoms. The zero-order chi connectivity index (χ0) is 15.5. The Morgan fingerprint density at radius 1 is 1.29 bits per heavy atom. The maximum absolute atomic E-state index is 11.8. The highest BCUT2D eigenvalue weighted by molar-refractivity contribution is 5.77. The van der Waals surface area contributed by atoms with E-state index >= 15 is 0 Å². The van der Waals surface area contributed by atoms with Crippen LogP contribution in [0.1, 0.15) is 13.3 Å². The summed E-state index contributed by atoms with van der Waals surface area (Å²) in [5, 5.41) is 2.89. The molecule has 0 radical (unpaired) electrons. The summed E-state index contributed by atoms with van der Waals surface area (Å²) in [5.74, 6) is -0.0555. The molecule has 122 valence electrons. The van der Waals surface area contributed by atoms with E-state index in [1.807, 2.05) is 0 Å². The molecule has 1 rings (SSSR count). The number of morpholine rings is 1. The molecule has 0 aromatic carbocycles. The molecule has 0 saturated carbocycles. The minimum absolute atomic E-state index is 0.0214. The second kappa shape index (κ2) is 10.5. The predicted molar refractivity (Wildman–Crippen MR) is 79.0 cm³/mol. The monoisotopic (exact) mass is 301 g/mol. The number of hydrogen-bond acceptors (Lipinski definition) is 5. The summed E-state index contributed by atoms with van der Waals surface area (Å²) in [6.07, 6.45) is 0.326. The van der Waals surface area contributed by atoms with Gasteiger partial charge >= 0.3 is 0 Å². The number of ether oxygens (including phenoxy) is 2. The van der Waals surface area contributed by atoms with Crippen LogP contribution in [-0.4, -0.2) is 87.8 Å². The van der Waals surface area contributed by atoms with Crippen molar-refractivity contribution in [2.75, 3.05) is 66.2 Å². The number of methoxy groups -OCH3 is 1. The lowest BCUT2D eigenvalue weighted by Crippen LogP contribution is -2.42. The van der Waals surface area contributed by atoms with Gasteiger partial charge in [0, 0.05) is 59.7 Å². The van der Waals surface area contributed by atoms with Crippen LogP contribution in [0.2, 0.25) is 0 Å². The molecule has 21 heavy (non-hydrogen) atoms. The second-order valence-corrected chi connectivity index (χ2v) is 5.05. The first kappa shape index (κ1) is 17.9. The Hall–Kier alpha value is -1.18. The molecule has 0 bridgehead atoms. The Morgan fingerprint density at radius 3 is 2.62 bits per heavy atom. The third-order valence-electron chi connectivity index (χ3n) is 3.47. The van der Waals surface area contributed by atoms with E-state index in [-0.39, 0.29) is 11.8 Å².